The number of hydrogen-bond donors (Lipinski definition) is 1. The Bertz CT molecular complexity index is 543. The van der Waals surface area contributed by atoms with Crippen molar-refractivity contribution in [3.05, 3.63) is 17.7 Å². The lowest BCUT2D eigenvalue weighted by Gasteiger charge is -2.35. The SMILES string of the molecule is CC[C@@H](C)[NH+]1CCN(C(=O)c2cc(OC)c(OC)c(OC)c2)CC1. The van der Waals surface area contributed by atoms with Crippen LogP contribution in [0.15, 0.2) is 12.1 Å². The second kappa shape index (κ2) is 8.24. The minimum atomic E-state index is 0.0115. The van der Waals surface area contributed by atoms with Crippen LogP contribution in [0.25, 0.3) is 0 Å². The minimum absolute atomic E-state index is 0.0115. The van der Waals surface area contributed by atoms with Crippen LogP contribution in [0.4, 0.5) is 0 Å². The number of rotatable bonds is 6. The zero-order valence-corrected chi connectivity index (χ0v) is 15.3. The number of piperazine rings is 1. The average Bonchev–Trinajstić information content (AvgIpc) is 2.65. The van der Waals surface area contributed by atoms with Gasteiger partial charge in [0.15, 0.2) is 11.5 Å². The summed E-state index contributed by atoms with van der Waals surface area (Å²) in [6, 6.07) is 4.08. The Morgan fingerprint density at radius 1 is 1.12 bits per heavy atom. The molecular formula is C18H29N2O4+. The predicted octanol–water partition coefficient (Wildman–Crippen LogP) is 0.852. The van der Waals surface area contributed by atoms with E-state index in [9.17, 15) is 4.79 Å². The lowest BCUT2D eigenvalue weighted by Crippen LogP contribution is -3.17. The van der Waals surface area contributed by atoms with Gasteiger partial charge in [0.25, 0.3) is 5.91 Å². The largest absolute Gasteiger partial charge is 0.493 e. The molecule has 0 saturated carbocycles. The smallest absolute Gasteiger partial charge is 0.254 e. The van der Waals surface area contributed by atoms with E-state index in [2.05, 4.69) is 13.8 Å². The number of amides is 1. The Labute approximate surface area is 144 Å². The van der Waals surface area contributed by atoms with Crippen LogP contribution < -0.4 is 19.1 Å². The van der Waals surface area contributed by atoms with Crippen molar-refractivity contribution in [2.75, 3.05) is 47.5 Å². The second-order valence-corrected chi connectivity index (χ2v) is 6.17. The molecule has 24 heavy (non-hydrogen) atoms. The molecule has 1 heterocycles. The van der Waals surface area contributed by atoms with Crippen molar-refractivity contribution in [3.8, 4) is 17.2 Å². The number of methoxy groups -OCH3 is 3. The first kappa shape index (κ1) is 18.4. The van der Waals surface area contributed by atoms with Gasteiger partial charge < -0.3 is 24.0 Å². The van der Waals surface area contributed by atoms with Crippen molar-refractivity contribution in [1.29, 1.82) is 0 Å². The third-order valence-electron chi connectivity index (χ3n) is 4.91. The van der Waals surface area contributed by atoms with Gasteiger partial charge in [0, 0.05) is 5.56 Å². The van der Waals surface area contributed by atoms with Crippen molar-refractivity contribution in [1.82, 2.24) is 4.90 Å². The van der Waals surface area contributed by atoms with Gasteiger partial charge in [-0.15, -0.1) is 0 Å². The van der Waals surface area contributed by atoms with E-state index in [0.29, 0.717) is 28.9 Å². The van der Waals surface area contributed by atoms with E-state index >= 15 is 0 Å². The summed E-state index contributed by atoms with van der Waals surface area (Å²) in [6.45, 7) is 8.01. The quantitative estimate of drug-likeness (QED) is 0.836. The third-order valence-corrected chi connectivity index (χ3v) is 4.91. The third kappa shape index (κ3) is 3.75. The van der Waals surface area contributed by atoms with Gasteiger partial charge in [-0.3, -0.25) is 4.79 Å². The molecule has 0 aliphatic carbocycles. The van der Waals surface area contributed by atoms with Crippen LogP contribution in [-0.2, 0) is 0 Å². The van der Waals surface area contributed by atoms with E-state index in [-0.39, 0.29) is 5.91 Å². The summed E-state index contributed by atoms with van der Waals surface area (Å²) in [5.41, 5.74) is 0.566. The molecule has 0 spiro atoms. The number of quaternary nitrogens is 1. The van der Waals surface area contributed by atoms with Crippen LogP contribution in [0.1, 0.15) is 30.6 Å². The number of carbonyl (C=O) groups is 1. The molecule has 1 amide bonds. The Morgan fingerprint density at radius 2 is 1.67 bits per heavy atom. The number of benzene rings is 1. The van der Waals surface area contributed by atoms with Crippen molar-refractivity contribution < 1.29 is 23.9 Å². The van der Waals surface area contributed by atoms with Gasteiger partial charge >= 0.3 is 0 Å². The van der Waals surface area contributed by atoms with Gasteiger partial charge in [-0.2, -0.15) is 0 Å². The van der Waals surface area contributed by atoms with E-state index in [1.54, 1.807) is 38.4 Å². The van der Waals surface area contributed by atoms with E-state index in [1.807, 2.05) is 4.90 Å². The molecule has 1 saturated heterocycles. The molecule has 0 unspecified atom stereocenters. The summed E-state index contributed by atoms with van der Waals surface area (Å²) >= 11 is 0. The van der Waals surface area contributed by atoms with E-state index in [4.69, 9.17) is 14.2 Å². The molecule has 0 aromatic heterocycles. The van der Waals surface area contributed by atoms with Crippen LogP contribution in [0, 0.1) is 0 Å². The van der Waals surface area contributed by atoms with Gasteiger partial charge in [-0.05, 0) is 25.5 Å². The van der Waals surface area contributed by atoms with E-state index in [1.165, 1.54) is 0 Å². The van der Waals surface area contributed by atoms with Gasteiger partial charge in [0.1, 0.15) is 0 Å². The molecule has 1 N–H and O–H groups in total. The molecule has 6 heteroatoms. The number of carbonyl (C=O) groups excluding carboxylic acids is 1. The molecule has 0 bridgehead atoms. The van der Waals surface area contributed by atoms with Gasteiger partial charge in [0.2, 0.25) is 5.75 Å². The van der Waals surface area contributed by atoms with E-state index in [0.717, 1.165) is 32.6 Å². The normalized spacial score (nSPS) is 16.6. The topological polar surface area (TPSA) is 52.4 Å². The Kier molecular flexibility index (Phi) is 6.31. The molecule has 2 rings (SSSR count). The lowest BCUT2D eigenvalue weighted by molar-refractivity contribution is -0.927. The fourth-order valence-corrected chi connectivity index (χ4v) is 3.17. The van der Waals surface area contributed by atoms with Crippen LogP contribution >= 0.6 is 0 Å². The molecule has 1 aromatic carbocycles. The summed E-state index contributed by atoms with van der Waals surface area (Å²) in [6.07, 6.45) is 1.16. The van der Waals surface area contributed by atoms with E-state index < -0.39 is 0 Å². The molecule has 134 valence electrons. The first-order valence-electron chi connectivity index (χ1n) is 8.49. The van der Waals surface area contributed by atoms with Crippen molar-refractivity contribution >= 4 is 5.91 Å². The highest BCUT2D eigenvalue weighted by Gasteiger charge is 2.28. The van der Waals surface area contributed by atoms with Crippen LogP contribution in [0.3, 0.4) is 0 Å². The summed E-state index contributed by atoms with van der Waals surface area (Å²) < 4.78 is 16.0. The maximum Gasteiger partial charge on any atom is 0.254 e. The molecule has 1 aromatic rings. The maximum absolute atomic E-state index is 12.8. The molecule has 1 aliphatic heterocycles. The summed E-state index contributed by atoms with van der Waals surface area (Å²) in [4.78, 5) is 16.3. The van der Waals surface area contributed by atoms with Crippen molar-refractivity contribution in [2.45, 2.75) is 26.3 Å². The number of hydrogen-bond acceptors (Lipinski definition) is 4. The fraction of sp³-hybridized carbons (Fsp3) is 0.611. The van der Waals surface area contributed by atoms with Crippen molar-refractivity contribution in [2.24, 2.45) is 0 Å². The molecule has 6 nitrogen and oxygen atoms in total. The molecular weight excluding hydrogens is 308 g/mol. The molecule has 1 aliphatic rings. The van der Waals surface area contributed by atoms with Crippen LogP contribution in [0.5, 0.6) is 17.2 Å². The average molecular weight is 337 g/mol. The Hall–Kier alpha value is -1.95. The van der Waals surface area contributed by atoms with Crippen molar-refractivity contribution in [3.63, 3.8) is 0 Å². The minimum Gasteiger partial charge on any atom is -0.493 e. The van der Waals surface area contributed by atoms with Crippen LogP contribution in [-0.4, -0.2) is 64.4 Å². The highest BCUT2D eigenvalue weighted by Crippen LogP contribution is 2.38. The molecule has 1 fully saturated rings. The Morgan fingerprint density at radius 3 is 2.08 bits per heavy atom. The summed E-state index contributed by atoms with van der Waals surface area (Å²) in [5.74, 6) is 1.52. The zero-order valence-electron chi connectivity index (χ0n) is 15.3. The number of ether oxygens (including phenoxy) is 3. The standard InChI is InChI=1S/C18H28N2O4/c1-6-13(2)19-7-9-20(10-8-19)18(21)14-11-15(22-3)17(24-5)16(12-14)23-4/h11-13H,6-10H2,1-5H3/p+1/t13-/m1/s1. The van der Waals surface area contributed by atoms with Gasteiger partial charge in [-0.25, -0.2) is 0 Å². The molecule has 1 atom stereocenters. The highest BCUT2D eigenvalue weighted by atomic mass is 16.5. The Balaban J connectivity index is 2.16. The molecule has 0 radical (unpaired) electrons. The highest BCUT2D eigenvalue weighted by molar-refractivity contribution is 5.95. The van der Waals surface area contributed by atoms with Gasteiger partial charge in [0.05, 0.1) is 53.6 Å². The second-order valence-electron chi connectivity index (χ2n) is 6.17. The first-order valence-corrected chi connectivity index (χ1v) is 8.49. The summed E-state index contributed by atoms with van der Waals surface area (Å²) in [7, 11) is 4.67. The first-order chi connectivity index (χ1) is 11.5. The monoisotopic (exact) mass is 337 g/mol. The fourth-order valence-electron chi connectivity index (χ4n) is 3.17. The number of nitrogens with zero attached hydrogens (tertiary/aromatic N) is 1. The zero-order chi connectivity index (χ0) is 17.7. The van der Waals surface area contributed by atoms with Crippen LogP contribution in [0.2, 0.25) is 0 Å². The maximum atomic E-state index is 12.8. The number of nitrogens with one attached hydrogen (secondary N) is 1. The van der Waals surface area contributed by atoms with Gasteiger partial charge in [-0.1, -0.05) is 6.92 Å². The predicted molar refractivity (Wildman–Crippen MR) is 92.5 cm³/mol. The summed E-state index contributed by atoms with van der Waals surface area (Å²) in [5, 5.41) is 0. The lowest BCUT2D eigenvalue weighted by atomic mass is 10.1.